The van der Waals surface area contributed by atoms with Crippen molar-refractivity contribution >= 4 is 5.78 Å². The molecule has 0 unspecified atom stereocenters. The summed E-state index contributed by atoms with van der Waals surface area (Å²) in [6.45, 7) is 5.37. The number of hydrogen-bond donors (Lipinski definition) is 0. The van der Waals surface area contributed by atoms with Gasteiger partial charge in [0.1, 0.15) is 5.78 Å². The molecule has 0 radical (unpaired) electrons. The van der Waals surface area contributed by atoms with E-state index in [0.29, 0.717) is 12.8 Å². The van der Waals surface area contributed by atoms with Crippen LogP contribution in [0.4, 0.5) is 0 Å². The second kappa shape index (κ2) is 5.29. The quantitative estimate of drug-likeness (QED) is 0.524. The molecule has 0 aromatic heterocycles. The number of carbonyl (C=O) groups excluding carboxylic acids is 1. The molecule has 1 nitrogen and oxygen atoms in total. The van der Waals surface area contributed by atoms with Gasteiger partial charge in [-0.3, -0.25) is 4.79 Å². The highest BCUT2D eigenvalue weighted by molar-refractivity contribution is 5.81. The van der Waals surface area contributed by atoms with Gasteiger partial charge in [0.15, 0.2) is 0 Å². The Morgan fingerprint density at radius 2 is 2.22 bits per heavy atom. The van der Waals surface area contributed by atoms with Crippen molar-refractivity contribution in [3.05, 3.63) is 24.8 Å². The van der Waals surface area contributed by atoms with Crippen LogP contribution in [0.3, 0.4) is 0 Å². The zero-order valence-electron chi connectivity index (χ0n) is 5.76. The minimum Gasteiger partial charge on any atom is -0.299 e. The summed E-state index contributed by atoms with van der Waals surface area (Å²) in [6, 6.07) is 0. The molecule has 50 valence electrons. The van der Waals surface area contributed by atoms with Crippen LogP contribution < -0.4 is 0 Å². The van der Waals surface area contributed by atoms with Crippen LogP contribution in [-0.4, -0.2) is 5.78 Å². The normalized spacial score (nSPS) is 9.89. The number of Topliss-reactive ketones (excluding diaryl/α,β-unsaturated/α-hetero) is 1. The predicted octanol–water partition coefficient (Wildman–Crippen LogP) is 2.10. The monoisotopic (exact) mass is 124 g/mol. The molecule has 0 heterocycles. The van der Waals surface area contributed by atoms with E-state index in [4.69, 9.17) is 0 Å². The van der Waals surface area contributed by atoms with E-state index in [9.17, 15) is 4.79 Å². The van der Waals surface area contributed by atoms with Gasteiger partial charge in [0.2, 0.25) is 0 Å². The van der Waals surface area contributed by atoms with E-state index in [1.807, 2.05) is 19.1 Å². The minimum atomic E-state index is 0.225. The van der Waals surface area contributed by atoms with Crippen LogP contribution in [-0.2, 0) is 4.79 Å². The third-order valence-electron chi connectivity index (χ3n) is 0.953. The van der Waals surface area contributed by atoms with Gasteiger partial charge < -0.3 is 0 Å². The van der Waals surface area contributed by atoms with Gasteiger partial charge in [-0.1, -0.05) is 18.2 Å². The van der Waals surface area contributed by atoms with Crippen LogP contribution in [0.2, 0.25) is 0 Å². The standard InChI is InChI=1S/C8H12O/c1-3-5-7-8(9)6-4-2/h3-5H,2,6-7H2,1H3/b5-3+. The first-order chi connectivity index (χ1) is 4.31. The Kier molecular flexibility index (Phi) is 4.79. The maximum atomic E-state index is 10.7. The molecular weight excluding hydrogens is 112 g/mol. The molecule has 0 aliphatic carbocycles. The van der Waals surface area contributed by atoms with Crippen LogP contribution in [0.5, 0.6) is 0 Å². The Bertz CT molecular complexity index is 123. The van der Waals surface area contributed by atoms with Crippen molar-refractivity contribution in [2.75, 3.05) is 0 Å². The fraction of sp³-hybridized carbons (Fsp3) is 0.375. The topological polar surface area (TPSA) is 17.1 Å². The molecule has 0 aliphatic rings. The molecule has 0 aromatic rings. The van der Waals surface area contributed by atoms with Gasteiger partial charge in [-0.2, -0.15) is 0 Å². The maximum Gasteiger partial charge on any atom is 0.140 e. The second-order valence-corrected chi connectivity index (χ2v) is 1.80. The van der Waals surface area contributed by atoms with E-state index in [-0.39, 0.29) is 5.78 Å². The van der Waals surface area contributed by atoms with Crippen LogP contribution in [0.1, 0.15) is 19.8 Å². The van der Waals surface area contributed by atoms with Gasteiger partial charge >= 0.3 is 0 Å². The summed E-state index contributed by atoms with van der Waals surface area (Å²) in [5.74, 6) is 0.225. The van der Waals surface area contributed by atoms with E-state index in [1.165, 1.54) is 0 Å². The number of allylic oxidation sites excluding steroid dienone is 3. The zero-order chi connectivity index (χ0) is 7.11. The van der Waals surface area contributed by atoms with Crippen molar-refractivity contribution < 1.29 is 4.79 Å². The Hall–Kier alpha value is -0.850. The first kappa shape index (κ1) is 8.15. The number of ketones is 1. The third kappa shape index (κ3) is 5.01. The predicted molar refractivity (Wildman–Crippen MR) is 39.3 cm³/mol. The van der Waals surface area contributed by atoms with Crippen molar-refractivity contribution in [2.24, 2.45) is 0 Å². The number of carbonyl (C=O) groups is 1. The third-order valence-corrected chi connectivity index (χ3v) is 0.953. The summed E-state index contributed by atoms with van der Waals surface area (Å²) in [7, 11) is 0. The lowest BCUT2D eigenvalue weighted by Gasteiger charge is -1.86. The lowest BCUT2D eigenvalue weighted by Crippen LogP contribution is -1.91. The summed E-state index contributed by atoms with van der Waals surface area (Å²) in [5.41, 5.74) is 0. The largest absolute Gasteiger partial charge is 0.299 e. The summed E-state index contributed by atoms with van der Waals surface area (Å²) < 4.78 is 0. The molecule has 0 rings (SSSR count). The highest BCUT2D eigenvalue weighted by Gasteiger charge is 1.91. The molecule has 0 amide bonds. The average molecular weight is 124 g/mol. The molecule has 0 aromatic carbocycles. The molecule has 0 aliphatic heterocycles. The summed E-state index contributed by atoms with van der Waals surface area (Å²) in [6.07, 6.45) is 6.39. The SMILES string of the molecule is C=CCC(=O)C/C=C/C. The van der Waals surface area contributed by atoms with Crippen LogP contribution in [0.25, 0.3) is 0 Å². The molecule has 0 fully saturated rings. The van der Waals surface area contributed by atoms with Crippen LogP contribution >= 0.6 is 0 Å². The number of hydrogen-bond acceptors (Lipinski definition) is 1. The molecule has 0 spiro atoms. The van der Waals surface area contributed by atoms with Gasteiger partial charge in [0.25, 0.3) is 0 Å². The first-order valence-electron chi connectivity index (χ1n) is 3.05. The highest BCUT2D eigenvalue weighted by Crippen LogP contribution is 1.90. The Morgan fingerprint density at radius 3 is 2.67 bits per heavy atom. The summed E-state index contributed by atoms with van der Waals surface area (Å²) in [4.78, 5) is 10.7. The first-order valence-corrected chi connectivity index (χ1v) is 3.05. The van der Waals surface area contributed by atoms with Crippen molar-refractivity contribution in [3.8, 4) is 0 Å². The second-order valence-electron chi connectivity index (χ2n) is 1.80. The Labute approximate surface area is 56.1 Å². The lowest BCUT2D eigenvalue weighted by molar-refractivity contribution is -0.117. The van der Waals surface area contributed by atoms with Crippen molar-refractivity contribution in [3.63, 3.8) is 0 Å². The molecular formula is C8H12O. The van der Waals surface area contributed by atoms with Crippen LogP contribution in [0.15, 0.2) is 24.8 Å². The molecule has 0 N–H and O–H groups in total. The van der Waals surface area contributed by atoms with Gasteiger partial charge in [-0.15, -0.1) is 6.58 Å². The van der Waals surface area contributed by atoms with Gasteiger partial charge in [0.05, 0.1) is 0 Å². The average Bonchev–Trinajstić information content (AvgIpc) is 1.85. The molecule has 0 saturated carbocycles. The zero-order valence-corrected chi connectivity index (χ0v) is 5.76. The molecule has 1 heteroatoms. The van der Waals surface area contributed by atoms with Crippen molar-refractivity contribution in [2.45, 2.75) is 19.8 Å². The fourth-order valence-electron chi connectivity index (χ4n) is 0.494. The van der Waals surface area contributed by atoms with E-state index >= 15 is 0 Å². The Balaban J connectivity index is 3.38. The van der Waals surface area contributed by atoms with E-state index in [1.54, 1.807) is 6.08 Å². The van der Waals surface area contributed by atoms with E-state index < -0.39 is 0 Å². The molecule has 9 heavy (non-hydrogen) atoms. The maximum absolute atomic E-state index is 10.7. The lowest BCUT2D eigenvalue weighted by atomic mass is 10.2. The van der Waals surface area contributed by atoms with Crippen molar-refractivity contribution in [1.82, 2.24) is 0 Å². The van der Waals surface area contributed by atoms with Gasteiger partial charge in [-0.05, 0) is 6.92 Å². The Morgan fingerprint density at radius 1 is 1.56 bits per heavy atom. The molecule has 0 saturated heterocycles. The van der Waals surface area contributed by atoms with Gasteiger partial charge in [-0.25, -0.2) is 0 Å². The molecule has 0 atom stereocenters. The van der Waals surface area contributed by atoms with E-state index in [0.717, 1.165) is 0 Å². The fourth-order valence-corrected chi connectivity index (χ4v) is 0.494. The van der Waals surface area contributed by atoms with Crippen molar-refractivity contribution in [1.29, 1.82) is 0 Å². The summed E-state index contributed by atoms with van der Waals surface area (Å²) in [5, 5.41) is 0. The summed E-state index contributed by atoms with van der Waals surface area (Å²) >= 11 is 0. The number of rotatable bonds is 4. The highest BCUT2D eigenvalue weighted by atomic mass is 16.1. The smallest absolute Gasteiger partial charge is 0.140 e. The minimum absolute atomic E-state index is 0.225. The van der Waals surface area contributed by atoms with Crippen LogP contribution in [0, 0.1) is 0 Å². The van der Waals surface area contributed by atoms with Gasteiger partial charge in [0, 0.05) is 12.8 Å². The van der Waals surface area contributed by atoms with E-state index in [2.05, 4.69) is 6.58 Å². The molecule has 0 bridgehead atoms.